The summed E-state index contributed by atoms with van der Waals surface area (Å²) in [6.45, 7) is 0. The molecular weight excluding hydrogens is 298 g/mol. The first-order valence-corrected chi connectivity index (χ1v) is 8.38. The van der Waals surface area contributed by atoms with Crippen LogP contribution in [0.2, 0.25) is 0 Å². The number of carbonyl (C=O) groups is 2. The maximum absolute atomic E-state index is 12.0. The molecule has 0 radical (unpaired) electrons. The van der Waals surface area contributed by atoms with Gasteiger partial charge in [-0.2, -0.15) is 4.99 Å². The Morgan fingerprint density at radius 1 is 1.23 bits per heavy atom. The molecule has 1 saturated carbocycles. The Morgan fingerprint density at radius 3 is 2.86 bits per heavy atom. The van der Waals surface area contributed by atoms with E-state index in [1.54, 1.807) is 0 Å². The van der Waals surface area contributed by atoms with E-state index in [1.807, 2.05) is 30.3 Å². The third-order valence-electron chi connectivity index (χ3n) is 3.73. The molecule has 1 aliphatic heterocycles. The number of para-hydroxylation sites is 1. The molecule has 1 unspecified atom stereocenters. The highest BCUT2D eigenvalue weighted by atomic mass is 32.2. The van der Waals surface area contributed by atoms with Crippen molar-refractivity contribution in [3.8, 4) is 0 Å². The van der Waals surface area contributed by atoms with Crippen molar-refractivity contribution in [1.29, 1.82) is 0 Å². The third-order valence-corrected chi connectivity index (χ3v) is 4.81. The van der Waals surface area contributed by atoms with Crippen LogP contribution < -0.4 is 5.32 Å². The highest BCUT2D eigenvalue weighted by Gasteiger charge is 2.30. The molecule has 0 bridgehead atoms. The largest absolute Gasteiger partial charge is 0.367 e. The number of benzene rings is 1. The van der Waals surface area contributed by atoms with Gasteiger partial charge in [-0.1, -0.05) is 36.4 Å². The number of thioether (sulfide) groups is 1. The summed E-state index contributed by atoms with van der Waals surface area (Å²) in [7, 11) is 0. The van der Waals surface area contributed by atoms with Crippen molar-refractivity contribution in [2.24, 2.45) is 15.9 Å². The Balaban J connectivity index is 1.58. The first kappa shape index (κ1) is 15.0. The summed E-state index contributed by atoms with van der Waals surface area (Å²) in [5.74, 6) is 0.303. The van der Waals surface area contributed by atoms with Crippen LogP contribution in [0, 0.1) is 5.92 Å². The van der Waals surface area contributed by atoms with E-state index in [0.29, 0.717) is 0 Å². The summed E-state index contributed by atoms with van der Waals surface area (Å²) in [5, 5.41) is 3.58. The van der Waals surface area contributed by atoms with Crippen molar-refractivity contribution in [3.63, 3.8) is 0 Å². The number of rotatable bonds is 3. The second-order valence-corrected chi connectivity index (χ2v) is 6.33. The SMILES string of the molecule is O=C1N=C2CCCCC2C(SCC(=O)Nc2ccccc2)=N1. The minimum absolute atomic E-state index is 0.0915. The lowest BCUT2D eigenvalue weighted by Crippen LogP contribution is -2.31. The van der Waals surface area contributed by atoms with Crippen LogP contribution in [0.15, 0.2) is 40.3 Å². The van der Waals surface area contributed by atoms with Gasteiger partial charge in [0.15, 0.2) is 0 Å². The summed E-state index contributed by atoms with van der Waals surface area (Å²) in [6.07, 6.45) is 4.03. The molecule has 2 aliphatic rings. The Bertz CT molecular complexity index is 640. The molecule has 1 heterocycles. The summed E-state index contributed by atoms with van der Waals surface area (Å²) in [4.78, 5) is 31.6. The first-order chi connectivity index (χ1) is 10.7. The van der Waals surface area contributed by atoms with Crippen molar-refractivity contribution in [2.45, 2.75) is 25.7 Å². The van der Waals surface area contributed by atoms with E-state index in [-0.39, 0.29) is 17.6 Å². The maximum atomic E-state index is 12.0. The zero-order chi connectivity index (χ0) is 15.4. The molecule has 1 aliphatic carbocycles. The molecular formula is C16H17N3O2S. The summed E-state index contributed by atoms with van der Waals surface area (Å²) in [6, 6.07) is 8.90. The molecule has 0 aromatic heterocycles. The van der Waals surface area contributed by atoms with Crippen molar-refractivity contribution in [1.82, 2.24) is 0 Å². The Morgan fingerprint density at radius 2 is 2.05 bits per heavy atom. The number of fused-ring (bicyclic) bond motifs is 1. The van der Waals surface area contributed by atoms with E-state index in [9.17, 15) is 9.59 Å². The minimum atomic E-state index is -0.431. The van der Waals surface area contributed by atoms with E-state index < -0.39 is 6.03 Å². The molecule has 114 valence electrons. The van der Waals surface area contributed by atoms with Gasteiger partial charge in [0, 0.05) is 17.3 Å². The molecule has 3 rings (SSSR count). The van der Waals surface area contributed by atoms with Gasteiger partial charge in [0.2, 0.25) is 5.91 Å². The van der Waals surface area contributed by atoms with Crippen LogP contribution in [0.5, 0.6) is 0 Å². The standard InChI is InChI=1S/C16H17N3O2S/c20-14(17-11-6-2-1-3-7-11)10-22-15-12-8-4-5-9-13(12)18-16(21)19-15/h1-3,6-7,12H,4-5,8-10H2,(H,17,20). The van der Waals surface area contributed by atoms with Crippen molar-refractivity contribution < 1.29 is 9.59 Å². The smallest absolute Gasteiger partial charge is 0.325 e. The predicted molar refractivity (Wildman–Crippen MR) is 89.8 cm³/mol. The van der Waals surface area contributed by atoms with Crippen molar-refractivity contribution in [2.75, 3.05) is 11.1 Å². The van der Waals surface area contributed by atoms with Gasteiger partial charge < -0.3 is 5.32 Å². The number of nitrogens with one attached hydrogen (secondary N) is 1. The molecule has 1 atom stereocenters. The maximum Gasteiger partial charge on any atom is 0.367 e. The Labute approximate surface area is 133 Å². The van der Waals surface area contributed by atoms with Gasteiger partial charge in [0.1, 0.15) is 0 Å². The molecule has 0 spiro atoms. The summed E-state index contributed by atoms with van der Waals surface area (Å²) in [5.41, 5.74) is 1.71. The van der Waals surface area contributed by atoms with Crippen molar-refractivity contribution >= 4 is 40.1 Å². The molecule has 1 aromatic rings. The molecule has 5 nitrogen and oxygen atoms in total. The number of hydrogen-bond donors (Lipinski definition) is 1. The molecule has 3 amide bonds. The Kier molecular flexibility index (Phi) is 4.68. The topological polar surface area (TPSA) is 70.9 Å². The fourth-order valence-corrected chi connectivity index (χ4v) is 3.66. The van der Waals surface area contributed by atoms with E-state index >= 15 is 0 Å². The van der Waals surface area contributed by atoms with Crippen LogP contribution in [-0.4, -0.2) is 28.4 Å². The van der Waals surface area contributed by atoms with Crippen LogP contribution in [0.4, 0.5) is 10.5 Å². The lowest BCUT2D eigenvalue weighted by Gasteiger charge is -2.26. The van der Waals surface area contributed by atoms with E-state index in [1.165, 1.54) is 11.8 Å². The number of amides is 3. The predicted octanol–water partition coefficient (Wildman–Crippen LogP) is 3.52. The summed E-state index contributed by atoms with van der Waals surface area (Å²) >= 11 is 1.35. The van der Waals surface area contributed by atoms with Gasteiger partial charge in [-0.05, 0) is 31.4 Å². The van der Waals surface area contributed by atoms with Crippen LogP contribution in [0.25, 0.3) is 0 Å². The zero-order valence-electron chi connectivity index (χ0n) is 12.1. The normalized spacial score (nSPS) is 20.7. The fraction of sp³-hybridized carbons (Fsp3) is 0.375. The van der Waals surface area contributed by atoms with E-state index in [0.717, 1.165) is 42.1 Å². The number of nitrogens with zero attached hydrogens (tertiary/aromatic N) is 2. The molecule has 1 N–H and O–H groups in total. The van der Waals surface area contributed by atoms with Gasteiger partial charge in [-0.3, -0.25) is 4.79 Å². The minimum Gasteiger partial charge on any atom is -0.325 e. The summed E-state index contributed by atoms with van der Waals surface area (Å²) < 4.78 is 0. The number of aliphatic imine (C=N–C) groups is 2. The van der Waals surface area contributed by atoms with Gasteiger partial charge in [-0.15, -0.1) is 0 Å². The quantitative estimate of drug-likeness (QED) is 0.927. The average molecular weight is 315 g/mol. The monoisotopic (exact) mass is 315 g/mol. The highest BCUT2D eigenvalue weighted by molar-refractivity contribution is 8.14. The van der Waals surface area contributed by atoms with Crippen LogP contribution in [-0.2, 0) is 4.79 Å². The zero-order valence-corrected chi connectivity index (χ0v) is 12.9. The van der Waals surface area contributed by atoms with Gasteiger partial charge >= 0.3 is 6.03 Å². The molecule has 22 heavy (non-hydrogen) atoms. The lowest BCUT2D eigenvalue weighted by molar-refractivity contribution is -0.113. The van der Waals surface area contributed by atoms with Gasteiger partial charge in [0.05, 0.1) is 10.8 Å². The molecule has 1 fully saturated rings. The third kappa shape index (κ3) is 3.62. The Hall–Kier alpha value is -1.95. The van der Waals surface area contributed by atoms with E-state index in [4.69, 9.17) is 0 Å². The molecule has 0 saturated heterocycles. The molecule has 6 heteroatoms. The van der Waals surface area contributed by atoms with Crippen LogP contribution in [0.3, 0.4) is 0 Å². The van der Waals surface area contributed by atoms with Crippen molar-refractivity contribution in [3.05, 3.63) is 30.3 Å². The van der Waals surface area contributed by atoms with Gasteiger partial charge in [0.25, 0.3) is 0 Å². The van der Waals surface area contributed by atoms with E-state index in [2.05, 4.69) is 15.3 Å². The number of anilines is 1. The number of urea groups is 1. The van der Waals surface area contributed by atoms with Crippen LogP contribution >= 0.6 is 11.8 Å². The highest BCUT2D eigenvalue weighted by Crippen LogP contribution is 2.30. The number of hydrogen-bond acceptors (Lipinski definition) is 3. The van der Waals surface area contributed by atoms with Gasteiger partial charge in [-0.25, -0.2) is 9.79 Å². The first-order valence-electron chi connectivity index (χ1n) is 7.40. The van der Waals surface area contributed by atoms with Crippen LogP contribution in [0.1, 0.15) is 25.7 Å². The number of carbonyl (C=O) groups excluding carboxylic acids is 2. The second-order valence-electron chi connectivity index (χ2n) is 5.34. The second kappa shape index (κ2) is 6.87. The fourth-order valence-electron chi connectivity index (χ4n) is 2.71. The average Bonchev–Trinajstić information content (AvgIpc) is 2.53. The lowest BCUT2D eigenvalue weighted by atomic mass is 9.87. The molecule has 1 aromatic carbocycles.